The molecule has 1 aromatic heterocycles. The molecular weight excluding hydrogens is 458 g/mol. The van der Waals surface area contributed by atoms with Crippen molar-refractivity contribution in [3.8, 4) is 5.75 Å². The van der Waals surface area contributed by atoms with Crippen LogP contribution in [0, 0.1) is 0 Å². The van der Waals surface area contributed by atoms with Crippen LogP contribution in [-0.4, -0.2) is 64.9 Å². The number of rotatable bonds is 9. The van der Waals surface area contributed by atoms with Gasteiger partial charge in [0.15, 0.2) is 0 Å². The molecule has 0 aliphatic carbocycles. The summed E-state index contributed by atoms with van der Waals surface area (Å²) < 4.78 is 11.5. The first-order chi connectivity index (χ1) is 17.6. The Balaban J connectivity index is 1.25. The first-order valence-corrected chi connectivity index (χ1v) is 12.4. The van der Waals surface area contributed by atoms with E-state index in [1.165, 1.54) is 4.90 Å². The maximum atomic E-state index is 13.5. The van der Waals surface area contributed by atoms with Crippen molar-refractivity contribution in [2.45, 2.75) is 38.3 Å². The topological polar surface area (TPSA) is 89.0 Å². The number of imide groups is 1. The van der Waals surface area contributed by atoms with Crippen molar-refractivity contribution < 1.29 is 23.9 Å². The van der Waals surface area contributed by atoms with E-state index in [2.05, 4.69) is 4.98 Å². The molecule has 0 radical (unpaired) electrons. The van der Waals surface area contributed by atoms with E-state index in [1.54, 1.807) is 11.0 Å². The lowest BCUT2D eigenvalue weighted by Gasteiger charge is -2.25. The summed E-state index contributed by atoms with van der Waals surface area (Å²) in [4.78, 5) is 44.6. The second-order valence-electron chi connectivity index (χ2n) is 9.14. The van der Waals surface area contributed by atoms with E-state index < -0.39 is 0 Å². The monoisotopic (exact) mass is 487 g/mol. The van der Waals surface area contributed by atoms with Crippen LogP contribution in [0.25, 0.3) is 10.9 Å². The van der Waals surface area contributed by atoms with Crippen molar-refractivity contribution >= 4 is 28.6 Å². The number of carbonyl (C=O) groups is 3. The maximum Gasteiger partial charge on any atom is 0.272 e. The van der Waals surface area contributed by atoms with E-state index in [4.69, 9.17) is 9.47 Å². The van der Waals surface area contributed by atoms with Gasteiger partial charge in [0.05, 0.1) is 18.2 Å². The van der Waals surface area contributed by atoms with Gasteiger partial charge in [0.1, 0.15) is 18.1 Å². The first-order valence-electron chi connectivity index (χ1n) is 12.4. The zero-order chi connectivity index (χ0) is 24.9. The van der Waals surface area contributed by atoms with Gasteiger partial charge in [-0.1, -0.05) is 36.4 Å². The predicted octanol–water partition coefficient (Wildman–Crippen LogP) is 3.58. The summed E-state index contributed by atoms with van der Waals surface area (Å²) in [6.07, 6.45) is 2.52. The molecule has 3 aromatic rings. The minimum atomic E-state index is -0.143. The first kappa shape index (κ1) is 23.9. The molecule has 2 saturated heterocycles. The minimum absolute atomic E-state index is 0.0213. The molecule has 1 atom stereocenters. The normalized spacial score (nSPS) is 17.7. The molecule has 3 amide bonds. The summed E-state index contributed by atoms with van der Waals surface area (Å²) in [7, 11) is 0. The predicted molar refractivity (Wildman–Crippen MR) is 133 cm³/mol. The summed E-state index contributed by atoms with van der Waals surface area (Å²) in [6.45, 7) is 2.14. The molecule has 2 aromatic carbocycles. The number of hydrogen-bond donors (Lipinski definition) is 0. The minimum Gasteiger partial charge on any atom is -0.492 e. The number of ether oxygens (including phenoxy) is 2. The van der Waals surface area contributed by atoms with Crippen molar-refractivity contribution in [2.75, 3.05) is 26.3 Å². The molecule has 1 unspecified atom stereocenters. The van der Waals surface area contributed by atoms with E-state index in [1.807, 2.05) is 54.6 Å². The molecule has 3 heterocycles. The van der Waals surface area contributed by atoms with Gasteiger partial charge < -0.3 is 14.4 Å². The number of carbonyl (C=O) groups excluding carboxylic acids is 3. The van der Waals surface area contributed by atoms with Crippen LogP contribution in [0.15, 0.2) is 60.7 Å². The zero-order valence-corrected chi connectivity index (χ0v) is 20.1. The van der Waals surface area contributed by atoms with Gasteiger partial charge in [0.2, 0.25) is 11.8 Å². The lowest BCUT2D eigenvalue weighted by atomic mass is 10.1. The highest BCUT2D eigenvalue weighted by atomic mass is 16.5. The molecule has 0 spiro atoms. The smallest absolute Gasteiger partial charge is 0.272 e. The Hall–Kier alpha value is -3.78. The van der Waals surface area contributed by atoms with Gasteiger partial charge in [-0.2, -0.15) is 0 Å². The van der Waals surface area contributed by atoms with Gasteiger partial charge in [0, 0.05) is 37.9 Å². The molecule has 186 valence electrons. The lowest BCUT2D eigenvalue weighted by molar-refractivity contribution is -0.138. The van der Waals surface area contributed by atoms with Crippen molar-refractivity contribution in [2.24, 2.45) is 0 Å². The number of para-hydroxylation sites is 1. The fraction of sp³-hybridized carbons (Fsp3) is 0.357. The fourth-order valence-corrected chi connectivity index (χ4v) is 4.64. The number of aromatic nitrogens is 1. The largest absolute Gasteiger partial charge is 0.492 e. The Labute approximate surface area is 209 Å². The highest BCUT2D eigenvalue weighted by Crippen LogP contribution is 2.20. The quantitative estimate of drug-likeness (QED) is 0.429. The number of fused-ring (bicyclic) bond motifs is 1. The molecule has 8 heteroatoms. The molecular formula is C28H29N3O5. The number of likely N-dealkylation sites (tertiary alicyclic amines) is 1. The molecule has 2 aliphatic rings. The Morgan fingerprint density at radius 1 is 1.03 bits per heavy atom. The number of hydrogen-bond acceptors (Lipinski definition) is 6. The second-order valence-corrected chi connectivity index (χ2v) is 9.14. The Morgan fingerprint density at radius 2 is 1.81 bits per heavy atom. The number of pyridine rings is 1. The summed E-state index contributed by atoms with van der Waals surface area (Å²) >= 11 is 0. The molecule has 0 N–H and O–H groups in total. The molecule has 8 nitrogen and oxygen atoms in total. The number of nitrogens with zero attached hydrogens (tertiary/aromatic N) is 3. The van der Waals surface area contributed by atoms with Crippen LogP contribution in [0.2, 0.25) is 0 Å². The number of benzene rings is 2. The highest BCUT2D eigenvalue weighted by Gasteiger charge is 2.28. The van der Waals surface area contributed by atoms with Crippen molar-refractivity contribution in [3.05, 3.63) is 71.9 Å². The van der Waals surface area contributed by atoms with Crippen LogP contribution in [-0.2, 0) is 20.9 Å². The Bertz CT molecular complexity index is 1240. The summed E-state index contributed by atoms with van der Waals surface area (Å²) in [5.41, 5.74) is 2.16. The zero-order valence-electron chi connectivity index (χ0n) is 20.1. The molecule has 36 heavy (non-hydrogen) atoms. The van der Waals surface area contributed by atoms with Gasteiger partial charge >= 0.3 is 0 Å². The molecule has 0 bridgehead atoms. The van der Waals surface area contributed by atoms with Crippen LogP contribution >= 0.6 is 0 Å². The maximum absolute atomic E-state index is 13.5. The average Bonchev–Trinajstić information content (AvgIpc) is 3.53. The molecule has 0 saturated carbocycles. The van der Waals surface area contributed by atoms with Crippen LogP contribution < -0.4 is 4.74 Å². The van der Waals surface area contributed by atoms with Crippen LogP contribution in [0.5, 0.6) is 5.75 Å². The molecule has 2 aliphatic heterocycles. The summed E-state index contributed by atoms with van der Waals surface area (Å²) in [5.74, 6) is 0.231. The molecule has 2 fully saturated rings. The number of amides is 3. The fourth-order valence-electron chi connectivity index (χ4n) is 4.64. The van der Waals surface area contributed by atoms with Crippen molar-refractivity contribution in [3.63, 3.8) is 0 Å². The van der Waals surface area contributed by atoms with Crippen LogP contribution in [0.3, 0.4) is 0 Å². The van der Waals surface area contributed by atoms with E-state index in [9.17, 15) is 14.4 Å². The van der Waals surface area contributed by atoms with Gasteiger partial charge in [-0.05, 0) is 42.7 Å². The SMILES string of the molecule is O=C(c1ccc2ccccc2n1)N(Cc1ccc(OCCN2C(=O)CCC2=O)cc1)CC1CCCO1. The van der Waals surface area contributed by atoms with E-state index in [0.717, 1.165) is 35.9 Å². The second kappa shape index (κ2) is 10.9. The summed E-state index contributed by atoms with van der Waals surface area (Å²) in [5, 5.41) is 0.994. The van der Waals surface area contributed by atoms with Gasteiger partial charge in [-0.25, -0.2) is 4.98 Å². The van der Waals surface area contributed by atoms with Gasteiger partial charge in [-0.15, -0.1) is 0 Å². The van der Waals surface area contributed by atoms with E-state index in [-0.39, 0.29) is 49.8 Å². The van der Waals surface area contributed by atoms with Crippen molar-refractivity contribution in [1.29, 1.82) is 0 Å². The standard InChI is InChI=1S/C28H29N3O5/c32-26-13-14-27(33)31(26)15-17-36-22-10-7-20(8-11-22)18-30(19-23-5-3-16-35-23)28(34)25-12-9-21-4-1-2-6-24(21)29-25/h1-2,4,6-12,23H,3,5,13-19H2. The third-order valence-corrected chi connectivity index (χ3v) is 6.59. The van der Waals surface area contributed by atoms with E-state index >= 15 is 0 Å². The van der Waals surface area contributed by atoms with Gasteiger partial charge in [-0.3, -0.25) is 19.3 Å². The highest BCUT2D eigenvalue weighted by molar-refractivity contribution is 6.01. The third kappa shape index (κ3) is 5.54. The Kier molecular flexibility index (Phi) is 7.23. The van der Waals surface area contributed by atoms with Crippen LogP contribution in [0.1, 0.15) is 41.7 Å². The third-order valence-electron chi connectivity index (χ3n) is 6.59. The van der Waals surface area contributed by atoms with Gasteiger partial charge in [0.25, 0.3) is 5.91 Å². The Morgan fingerprint density at radius 3 is 2.56 bits per heavy atom. The summed E-state index contributed by atoms with van der Waals surface area (Å²) in [6, 6.07) is 19.0. The van der Waals surface area contributed by atoms with Crippen molar-refractivity contribution in [1.82, 2.24) is 14.8 Å². The molecule has 5 rings (SSSR count). The van der Waals surface area contributed by atoms with Crippen LogP contribution in [0.4, 0.5) is 0 Å². The van der Waals surface area contributed by atoms with E-state index in [0.29, 0.717) is 24.5 Å². The average molecular weight is 488 g/mol. The lowest BCUT2D eigenvalue weighted by Crippen LogP contribution is -2.37.